The topological polar surface area (TPSA) is 76.1 Å². The van der Waals surface area contributed by atoms with Gasteiger partial charge in [-0.05, 0) is 34.9 Å². The molecule has 8 heteroatoms. The van der Waals surface area contributed by atoms with Gasteiger partial charge in [-0.15, -0.1) is 0 Å². The Morgan fingerprint density at radius 2 is 1.72 bits per heavy atom. The second-order valence-corrected chi connectivity index (χ2v) is 9.94. The van der Waals surface area contributed by atoms with Gasteiger partial charge in [0.05, 0.1) is 11.5 Å². The van der Waals surface area contributed by atoms with E-state index in [1.165, 1.54) is 5.56 Å². The molecule has 4 rings (SSSR count). The van der Waals surface area contributed by atoms with Crippen LogP contribution in [-0.2, 0) is 16.2 Å². The number of hydrogen-bond donors (Lipinski definition) is 1. The van der Waals surface area contributed by atoms with Gasteiger partial charge in [-0.25, -0.2) is 0 Å². The van der Waals surface area contributed by atoms with E-state index in [0.29, 0.717) is 29.6 Å². The van der Waals surface area contributed by atoms with Gasteiger partial charge in [0, 0.05) is 5.92 Å². The first kappa shape index (κ1) is 25.5. The number of carboxylic acid groups (broad SMARTS) is 1. The fraction of sp³-hybridized carbons (Fsp3) is 0.179. The van der Waals surface area contributed by atoms with Crippen LogP contribution in [0.25, 0.3) is 6.08 Å². The lowest BCUT2D eigenvalue weighted by molar-refractivity contribution is -0.140. The van der Waals surface area contributed by atoms with Crippen LogP contribution < -0.4 is 9.47 Å². The van der Waals surface area contributed by atoms with E-state index in [1.807, 2.05) is 66.7 Å². The lowest BCUT2D eigenvalue weighted by Gasteiger charge is -2.17. The van der Waals surface area contributed by atoms with Gasteiger partial charge in [0.15, 0.2) is 11.5 Å². The summed E-state index contributed by atoms with van der Waals surface area (Å²) in [7, 11) is 0. The van der Waals surface area contributed by atoms with Crippen molar-refractivity contribution in [1.82, 2.24) is 4.90 Å². The molecule has 184 valence electrons. The smallest absolute Gasteiger partial charge is 0.323 e. The minimum absolute atomic E-state index is 0.184. The maximum atomic E-state index is 12.7. The number of aliphatic carboxylic acids is 1. The second kappa shape index (κ2) is 11.9. The van der Waals surface area contributed by atoms with Gasteiger partial charge in [-0.3, -0.25) is 14.5 Å². The van der Waals surface area contributed by atoms with Crippen LogP contribution in [-0.4, -0.2) is 39.4 Å². The molecule has 1 amide bonds. The molecule has 1 aliphatic rings. The Morgan fingerprint density at radius 3 is 2.42 bits per heavy atom. The quantitative estimate of drug-likeness (QED) is 0.271. The summed E-state index contributed by atoms with van der Waals surface area (Å²) in [5, 5.41) is 9.05. The molecule has 1 aliphatic heterocycles. The van der Waals surface area contributed by atoms with E-state index in [2.05, 4.69) is 19.1 Å². The van der Waals surface area contributed by atoms with Gasteiger partial charge < -0.3 is 14.6 Å². The molecular formula is C28H25NO5S2. The largest absolute Gasteiger partial charge is 0.489 e. The molecule has 0 bridgehead atoms. The lowest BCUT2D eigenvalue weighted by Crippen LogP contribution is -2.33. The molecule has 0 spiro atoms. The summed E-state index contributed by atoms with van der Waals surface area (Å²) in [6.07, 6.45) is 1.69. The molecule has 0 radical (unpaired) electrons. The van der Waals surface area contributed by atoms with Crippen molar-refractivity contribution in [2.45, 2.75) is 19.4 Å². The van der Waals surface area contributed by atoms with E-state index in [-0.39, 0.29) is 10.2 Å². The van der Waals surface area contributed by atoms with E-state index < -0.39 is 18.4 Å². The van der Waals surface area contributed by atoms with Gasteiger partial charge >= 0.3 is 5.97 Å². The van der Waals surface area contributed by atoms with Crippen LogP contribution in [0.3, 0.4) is 0 Å². The number of carboxylic acids is 1. The van der Waals surface area contributed by atoms with E-state index in [4.69, 9.17) is 26.8 Å². The fourth-order valence-corrected chi connectivity index (χ4v) is 4.85. The summed E-state index contributed by atoms with van der Waals surface area (Å²) < 4.78 is 12.5. The Kier molecular flexibility index (Phi) is 8.40. The summed E-state index contributed by atoms with van der Waals surface area (Å²) in [6, 6.07) is 25.4. The first-order chi connectivity index (χ1) is 17.4. The summed E-state index contributed by atoms with van der Waals surface area (Å²) >= 11 is 6.27. The number of thioether (sulfide) groups is 1. The molecule has 3 aromatic carbocycles. The highest BCUT2D eigenvalue weighted by atomic mass is 32.2. The first-order valence-corrected chi connectivity index (χ1v) is 12.6. The van der Waals surface area contributed by atoms with Crippen LogP contribution in [0.5, 0.6) is 11.5 Å². The summed E-state index contributed by atoms with van der Waals surface area (Å²) in [5.41, 5.74) is 2.92. The molecule has 0 saturated carbocycles. The standard InChI is InChI=1S/C28H25NO5S2/c1-19(22-10-6-3-7-11-22)17-33-23-13-12-21(14-24(23)34-18-20-8-4-2-5-9-20)15-25-27(32)29(16-26(30)31)28(35)36-25/h2-15,19H,16-18H2,1H3,(H,30,31)/b25-15-. The molecule has 1 saturated heterocycles. The van der Waals surface area contributed by atoms with Crippen molar-refractivity contribution < 1.29 is 24.2 Å². The van der Waals surface area contributed by atoms with Crippen molar-refractivity contribution in [3.8, 4) is 11.5 Å². The molecule has 6 nitrogen and oxygen atoms in total. The van der Waals surface area contributed by atoms with Gasteiger partial charge in [0.2, 0.25) is 0 Å². The Balaban J connectivity index is 1.55. The van der Waals surface area contributed by atoms with Crippen LogP contribution in [0.2, 0.25) is 0 Å². The minimum Gasteiger partial charge on any atom is -0.489 e. The third-order valence-electron chi connectivity index (χ3n) is 5.53. The number of hydrogen-bond acceptors (Lipinski definition) is 6. The van der Waals surface area contributed by atoms with Gasteiger partial charge in [0.25, 0.3) is 5.91 Å². The SMILES string of the molecule is CC(COc1ccc(/C=C2\SC(=S)N(CC(=O)O)C2=O)cc1OCc1ccccc1)c1ccccc1. The highest BCUT2D eigenvalue weighted by molar-refractivity contribution is 8.26. The predicted molar refractivity (Wildman–Crippen MR) is 145 cm³/mol. The molecule has 1 N–H and O–H groups in total. The Labute approximate surface area is 219 Å². The number of thiocarbonyl (C=S) groups is 1. The van der Waals surface area contributed by atoms with Gasteiger partial charge in [0.1, 0.15) is 17.5 Å². The Bertz CT molecular complexity index is 1280. The van der Waals surface area contributed by atoms with Gasteiger partial charge in [-0.1, -0.05) is 97.6 Å². The molecule has 1 heterocycles. The molecule has 1 atom stereocenters. The van der Waals surface area contributed by atoms with Crippen LogP contribution >= 0.6 is 24.0 Å². The average Bonchev–Trinajstić information content (AvgIpc) is 3.14. The third-order valence-corrected chi connectivity index (χ3v) is 6.90. The molecule has 3 aromatic rings. The fourth-order valence-electron chi connectivity index (χ4n) is 3.60. The highest BCUT2D eigenvalue weighted by Gasteiger charge is 2.33. The van der Waals surface area contributed by atoms with Crippen molar-refractivity contribution in [2.75, 3.05) is 13.2 Å². The van der Waals surface area contributed by atoms with Crippen molar-refractivity contribution in [1.29, 1.82) is 0 Å². The zero-order valence-corrected chi connectivity index (χ0v) is 21.3. The summed E-state index contributed by atoms with van der Waals surface area (Å²) in [5.74, 6) is -0.201. The lowest BCUT2D eigenvalue weighted by atomic mass is 10.0. The van der Waals surface area contributed by atoms with Crippen LogP contribution in [0.4, 0.5) is 0 Å². The monoisotopic (exact) mass is 519 g/mol. The maximum Gasteiger partial charge on any atom is 0.323 e. The minimum atomic E-state index is -1.12. The molecule has 0 aliphatic carbocycles. The zero-order valence-electron chi connectivity index (χ0n) is 19.6. The molecule has 0 aromatic heterocycles. The van der Waals surface area contributed by atoms with Crippen molar-refractivity contribution in [3.63, 3.8) is 0 Å². The Hall–Kier alpha value is -3.62. The average molecular weight is 520 g/mol. The van der Waals surface area contributed by atoms with E-state index in [9.17, 15) is 9.59 Å². The number of amides is 1. The number of carbonyl (C=O) groups is 2. The van der Waals surface area contributed by atoms with Crippen LogP contribution in [0.1, 0.15) is 29.5 Å². The summed E-state index contributed by atoms with van der Waals surface area (Å²) in [4.78, 5) is 25.2. The second-order valence-electron chi connectivity index (χ2n) is 8.26. The van der Waals surface area contributed by atoms with Crippen molar-refractivity contribution in [3.05, 3.63) is 100 Å². The molecular weight excluding hydrogens is 494 g/mol. The van der Waals surface area contributed by atoms with E-state index >= 15 is 0 Å². The van der Waals surface area contributed by atoms with Crippen molar-refractivity contribution >= 4 is 46.3 Å². The van der Waals surface area contributed by atoms with Crippen molar-refractivity contribution in [2.24, 2.45) is 0 Å². The van der Waals surface area contributed by atoms with Crippen LogP contribution in [0.15, 0.2) is 83.8 Å². The molecule has 1 fully saturated rings. The predicted octanol–water partition coefficient (Wildman–Crippen LogP) is 5.73. The number of carbonyl (C=O) groups excluding carboxylic acids is 1. The number of rotatable bonds is 10. The van der Waals surface area contributed by atoms with E-state index in [0.717, 1.165) is 27.8 Å². The normalized spacial score (nSPS) is 15.2. The zero-order chi connectivity index (χ0) is 25.5. The highest BCUT2D eigenvalue weighted by Crippen LogP contribution is 2.35. The molecule has 1 unspecified atom stereocenters. The Morgan fingerprint density at radius 1 is 1.03 bits per heavy atom. The number of nitrogens with zero attached hydrogens (tertiary/aromatic N) is 1. The van der Waals surface area contributed by atoms with Crippen LogP contribution in [0, 0.1) is 0 Å². The summed E-state index contributed by atoms with van der Waals surface area (Å²) in [6.45, 7) is 2.47. The van der Waals surface area contributed by atoms with E-state index in [1.54, 1.807) is 6.08 Å². The first-order valence-electron chi connectivity index (χ1n) is 11.4. The van der Waals surface area contributed by atoms with Gasteiger partial charge in [-0.2, -0.15) is 0 Å². The number of ether oxygens (including phenoxy) is 2. The third kappa shape index (κ3) is 6.53. The molecule has 36 heavy (non-hydrogen) atoms. The number of benzene rings is 3. The maximum absolute atomic E-state index is 12.7.